The van der Waals surface area contributed by atoms with Crippen LogP contribution in [0.5, 0.6) is 0 Å². The molecule has 3 nitrogen and oxygen atoms in total. The van der Waals surface area contributed by atoms with Crippen molar-refractivity contribution in [3.05, 3.63) is 35.4 Å². The predicted octanol–water partition coefficient (Wildman–Crippen LogP) is 1.60. The standard InChI is InChI=1S/C10H14NO2/c1-8-6-4-5-7-9(8)10(12)11(2,3)13/h4-7,13H,1-3H3/q+1. The summed E-state index contributed by atoms with van der Waals surface area (Å²) < 4.78 is -0.662. The quantitative estimate of drug-likeness (QED) is 0.405. The van der Waals surface area contributed by atoms with Gasteiger partial charge < -0.3 is 0 Å². The molecule has 0 aliphatic heterocycles. The Kier molecular flexibility index (Phi) is 2.50. The summed E-state index contributed by atoms with van der Waals surface area (Å²) >= 11 is 0. The fourth-order valence-corrected chi connectivity index (χ4v) is 1.11. The molecule has 0 saturated carbocycles. The number of nitrogens with zero attached hydrogens (tertiary/aromatic N) is 1. The van der Waals surface area contributed by atoms with Gasteiger partial charge in [0.05, 0.1) is 5.56 Å². The van der Waals surface area contributed by atoms with Gasteiger partial charge in [0.2, 0.25) is 0 Å². The minimum absolute atomic E-state index is 0.293. The van der Waals surface area contributed by atoms with Crippen LogP contribution < -0.4 is 0 Å². The number of rotatable bonds is 1. The second-order valence-electron chi connectivity index (χ2n) is 3.51. The van der Waals surface area contributed by atoms with Crippen molar-refractivity contribution in [2.24, 2.45) is 0 Å². The van der Waals surface area contributed by atoms with Crippen LogP contribution in [0, 0.1) is 6.92 Å². The number of carbonyl (C=O) groups is 1. The van der Waals surface area contributed by atoms with Crippen molar-refractivity contribution >= 4 is 5.91 Å². The van der Waals surface area contributed by atoms with E-state index in [-0.39, 0.29) is 5.91 Å². The van der Waals surface area contributed by atoms with Crippen LogP contribution >= 0.6 is 0 Å². The molecule has 70 valence electrons. The number of hydrogen-bond donors (Lipinski definition) is 1. The summed E-state index contributed by atoms with van der Waals surface area (Å²) in [4.78, 5) is 11.6. The molecule has 13 heavy (non-hydrogen) atoms. The first kappa shape index (κ1) is 9.89. The van der Waals surface area contributed by atoms with Crippen molar-refractivity contribution in [1.29, 1.82) is 0 Å². The molecular weight excluding hydrogens is 166 g/mol. The third-order valence-corrected chi connectivity index (χ3v) is 1.87. The first-order valence-electron chi connectivity index (χ1n) is 4.10. The summed E-state index contributed by atoms with van der Waals surface area (Å²) in [6.45, 7) is 1.85. The molecule has 1 N–H and O–H groups in total. The third kappa shape index (κ3) is 2.14. The Bertz CT molecular complexity index is 326. The molecule has 1 rings (SSSR count). The second-order valence-corrected chi connectivity index (χ2v) is 3.51. The summed E-state index contributed by atoms with van der Waals surface area (Å²) in [6, 6.07) is 7.22. The van der Waals surface area contributed by atoms with Crippen LogP contribution in [0.2, 0.25) is 0 Å². The van der Waals surface area contributed by atoms with E-state index in [1.807, 2.05) is 19.1 Å². The van der Waals surface area contributed by atoms with Crippen molar-refractivity contribution in [2.75, 3.05) is 14.1 Å². The molecule has 0 aliphatic carbocycles. The fourth-order valence-electron chi connectivity index (χ4n) is 1.11. The van der Waals surface area contributed by atoms with Gasteiger partial charge in [0, 0.05) is 0 Å². The summed E-state index contributed by atoms with van der Waals surface area (Å²) in [5, 5.41) is 9.45. The number of amides is 1. The Morgan fingerprint density at radius 2 is 1.85 bits per heavy atom. The molecule has 1 aromatic carbocycles. The Morgan fingerprint density at radius 3 is 2.31 bits per heavy atom. The highest BCUT2D eigenvalue weighted by Gasteiger charge is 2.27. The first-order chi connectivity index (χ1) is 5.93. The number of quaternary nitrogens is 1. The lowest BCUT2D eigenvalue weighted by Gasteiger charge is -2.17. The van der Waals surface area contributed by atoms with E-state index in [1.165, 1.54) is 14.1 Å². The molecule has 0 unspecified atom stereocenters. The van der Waals surface area contributed by atoms with Crippen molar-refractivity contribution in [3.63, 3.8) is 0 Å². The maximum atomic E-state index is 11.6. The Hall–Kier alpha value is -1.19. The zero-order valence-corrected chi connectivity index (χ0v) is 8.11. The Labute approximate surface area is 77.8 Å². The van der Waals surface area contributed by atoms with Crippen molar-refractivity contribution in [1.82, 2.24) is 0 Å². The van der Waals surface area contributed by atoms with Crippen molar-refractivity contribution in [2.45, 2.75) is 6.92 Å². The van der Waals surface area contributed by atoms with Crippen LogP contribution in [0.4, 0.5) is 0 Å². The molecule has 0 aliphatic rings. The van der Waals surface area contributed by atoms with Gasteiger partial charge in [-0.15, -0.1) is 4.65 Å². The summed E-state index contributed by atoms with van der Waals surface area (Å²) in [6.07, 6.45) is 0. The minimum Gasteiger partial charge on any atom is -0.222 e. The average Bonchev–Trinajstić information content (AvgIpc) is 2.02. The van der Waals surface area contributed by atoms with Gasteiger partial charge in [-0.1, -0.05) is 18.2 Å². The van der Waals surface area contributed by atoms with Gasteiger partial charge in [0.25, 0.3) is 0 Å². The fraction of sp³-hybridized carbons (Fsp3) is 0.300. The van der Waals surface area contributed by atoms with E-state index in [4.69, 9.17) is 0 Å². The van der Waals surface area contributed by atoms with Crippen LogP contribution in [0.3, 0.4) is 0 Å². The number of hydroxylamine groups is 3. The van der Waals surface area contributed by atoms with Gasteiger partial charge in [0.15, 0.2) is 0 Å². The predicted molar refractivity (Wildman–Crippen MR) is 49.4 cm³/mol. The van der Waals surface area contributed by atoms with Crippen molar-refractivity contribution in [3.8, 4) is 0 Å². The van der Waals surface area contributed by atoms with Crippen LogP contribution in [-0.2, 0) is 0 Å². The molecular formula is C10H14NO2+. The zero-order valence-electron chi connectivity index (χ0n) is 8.11. The van der Waals surface area contributed by atoms with Gasteiger partial charge in [-0.2, -0.15) is 0 Å². The van der Waals surface area contributed by atoms with Crippen LogP contribution in [0.15, 0.2) is 24.3 Å². The largest absolute Gasteiger partial charge is 0.377 e. The number of carbonyl (C=O) groups excluding carboxylic acids is 1. The smallest absolute Gasteiger partial charge is 0.222 e. The first-order valence-corrected chi connectivity index (χ1v) is 4.10. The molecule has 0 saturated heterocycles. The van der Waals surface area contributed by atoms with Gasteiger partial charge in [-0.05, 0) is 18.6 Å². The monoisotopic (exact) mass is 180 g/mol. The van der Waals surface area contributed by atoms with Crippen LogP contribution in [0.25, 0.3) is 0 Å². The third-order valence-electron chi connectivity index (χ3n) is 1.87. The van der Waals surface area contributed by atoms with Gasteiger partial charge >= 0.3 is 5.91 Å². The number of aryl methyl sites for hydroxylation is 1. The topological polar surface area (TPSA) is 37.3 Å². The lowest BCUT2D eigenvalue weighted by Crippen LogP contribution is -2.42. The average molecular weight is 180 g/mol. The summed E-state index contributed by atoms with van der Waals surface area (Å²) in [5.41, 5.74) is 1.45. The van der Waals surface area contributed by atoms with E-state index in [2.05, 4.69) is 0 Å². The Balaban J connectivity index is 3.10. The molecule has 0 bridgehead atoms. The highest BCUT2D eigenvalue weighted by Crippen LogP contribution is 2.11. The van der Waals surface area contributed by atoms with E-state index in [0.29, 0.717) is 5.56 Å². The summed E-state index contributed by atoms with van der Waals surface area (Å²) in [7, 11) is 2.88. The molecule has 1 aromatic rings. The Morgan fingerprint density at radius 1 is 1.31 bits per heavy atom. The SMILES string of the molecule is Cc1ccccc1C(=O)[N+](C)(C)O. The van der Waals surface area contributed by atoms with E-state index in [0.717, 1.165) is 5.56 Å². The normalized spacial score (nSPS) is 11.4. The molecule has 0 atom stereocenters. The maximum Gasteiger partial charge on any atom is 0.377 e. The lowest BCUT2D eigenvalue weighted by molar-refractivity contribution is -1.00. The van der Waals surface area contributed by atoms with Crippen molar-refractivity contribution < 1.29 is 14.6 Å². The lowest BCUT2D eigenvalue weighted by atomic mass is 10.1. The van der Waals surface area contributed by atoms with E-state index in [1.54, 1.807) is 12.1 Å². The molecule has 0 aromatic heterocycles. The second kappa shape index (κ2) is 3.28. The molecule has 3 heteroatoms. The molecule has 1 amide bonds. The van der Waals surface area contributed by atoms with Gasteiger partial charge in [-0.25, -0.2) is 10.0 Å². The number of hydrogen-bond acceptors (Lipinski definition) is 2. The van der Waals surface area contributed by atoms with E-state index >= 15 is 0 Å². The highest BCUT2D eigenvalue weighted by atomic mass is 16.6. The molecule has 0 fully saturated rings. The molecule has 0 heterocycles. The van der Waals surface area contributed by atoms with Crippen LogP contribution in [0.1, 0.15) is 15.9 Å². The minimum atomic E-state index is -0.662. The van der Waals surface area contributed by atoms with E-state index < -0.39 is 4.65 Å². The molecule has 0 spiro atoms. The maximum absolute atomic E-state index is 11.6. The zero-order chi connectivity index (χ0) is 10.1. The van der Waals surface area contributed by atoms with Gasteiger partial charge in [0.1, 0.15) is 14.1 Å². The highest BCUT2D eigenvalue weighted by molar-refractivity contribution is 5.89. The van der Waals surface area contributed by atoms with E-state index in [9.17, 15) is 10.0 Å². The number of benzene rings is 1. The van der Waals surface area contributed by atoms with Crippen LogP contribution in [-0.4, -0.2) is 29.9 Å². The van der Waals surface area contributed by atoms with Gasteiger partial charge in [-0.3, -0.25) is 0 Å². The summed E-state index contributed by atoms with van der Waals surface area (Å²) in [5.74, 6) is -0.293. The molecule has 0 radical (unpaired) electrons.